The van der Waals surface area contributed by atoms with Crippen LogP contribution in [-0.4, -0.2) is 22.8 Å². The molecule has 2 heterocycles. The Morgan fingerprint density at radius 2 is 2.16 bits per heavy atom. The van der Waals surface area contributed by atoms with Gasteiger partial charge in [-0.05, 0) is 36.6 Å². The third kappa shape index (κ3) is 2.08. The summed E-state index contributed by atoms with van der Waals surface area (Å²) >= 11 is 3.40. The van der Waals surface area contributed by atoms with Gasteiger partial charge in [0.2, 0.25) is 5.91 Å². The molecule has 0 aliphatic carbocycles. The van der Waals surface area contributed by atoms with E-state index in [1.165, 1.54) is 0 Å². The number of amides is 2. The Morgan fingerprint density at radius 3 is 2.89 bits per heavy atom. The van der Waals surface area contributed by atoms with Crippen LogP contribution in [0.3, 0.4) is 0 Å². The first-order chi connectivity index (χ1) is 9.06. The van der Waals surface area contributed by atoms with Gasteiger partial charge in [0.15, 0.2) is 0 Å². The van der Waals surface area contributed by atoms with Gasteiger partial charge in [0.05, 0.1) is 0 Å². The molecule has 1 aromatic rings. The van der Waals surface area contributed by atoms with E-state index in [1.807, 2.05) is 12.1 Å². The summed E-state index contributed by atoms with van der Waals surface area (Å²) in [7, 11) is 0. The predicted molar refractivity (Wildman–Crippen MR) is 74.3 cm³/mol. The van der Waals surface area contributed by atoms with Gasteiger partial charge in [0.25, 0.3) is 5.91 Å². The minimum Gasteiger partial charge on any atom is -0.329 e. The summed E-state index contributed by atoms with van der Waals surface area (Å²) in [5.74, 6) is -0.188. The van der Waals surface area contributed by atoms with Gasteiger partial charge in [-0.15, -0.1) is 0 Å². The van der Waals surface area contributed by atoms with Gasteiger partial charge >= 0.3 is 0 Å². The van der Waals surface area contributed by atoms with Crippen molar-refractivity contribution in [2.24, 2.45) is 0 Å². The van der Waals surface area contributed by atoms with Crippen molar-refractivity contribution in [1.29, 1.82) is 0 Å². The van der Waals surface area contributed by atoms with Crippen LogP contribution in [0.1, 0.15) is 28.8 Å². The molecule has 0 aromatic heterocycles. The number of nitrogens with zero attached hydrogens (tertiary/aromatic N) is 1. The number of hydrogen-bond donors (Lipinski definition) is 1. The van der Waals surface area contributed by atoms with Crippen molar-refractivity contribution in [2.75, 3.05) is 0 Å². The van der Waals surface area contributed by atoms with Crippen LogP contribution >= 0.6 is 15.9 Å². The summed E-state index contributed by atoms with van der Waals surface area (Å²) < 4.78 is 0.947. The van der Waals surface area contributed by atoms with Crippen LogP contribution in [0, 0.1) is 0 Å². The molecule has 1 atom stereocenters. The van der Waals surface area contributed by atoms with Crippen LogP contribution in [0.2, 0.25) is 0 Å². The average Bonchev–Trinajstić information content (AvgIpc) is 2.66. The van der Waals surface area contributed by atoms with Crippen molar-refractivity contribution >= 4 is 27.7 Å². The number of nitrogens with one attached hydrogen (secondary N) is 1. The predicted octanol–water partition coefficient (Wildman–Crippen LogP) is 2.20. The largest absolute Gasteiger partial charge is 0.329 e. The summed E-state index contributed by atoms with van der Waals surface area (Å²) in [6.45, 7) is 4.25. The van der Waals surface area contributed by atoms with E-state index in [1.54, 1.807) is 11.0 Å². The van der Waals surface area contributed by atoms with Gasteiger partial charge in [-0.3, -0.25) is 9.59 Å². The number of allylic oxidation sites excluding steroid dienone is 1. The average molecular weight is 321 g/mol. The summed E-state index contributed by atoms with van der Waals surface area (Å²) in [6.07, 6.45) is 1.37. The third-order valence-corrected chi connectivity index (χ3v) is 4.09. The molecule has 1 saturated heterocycles. The van der Waals surface area contributed by atoms with E-state index in [-0.39, 0.29) is 17.9 Å². The highest BCUT2D eigenvalue weighted by Gasteiger charge is 2.37. The lowest BCUT2D eigenvalue weighted by molar-refractivity contribution is -0.126. The van der Waals surface area contributed by atoms with Crippen molar-refractivity contribution < 1.29 is 9.59 Å². The second-order valence-corrected chi connectivity index (χ2v) is 5.80. The van der Waals surface area contributed by atoms with Crippen molar-refractivity contribution in [2.45, 2.75) is 25.4 Å². The monoisotopic (exact) mass is 320 g/mol. The van der Waals surface area contributed by atoms with Crippen molar-refractivity contribution in [3.05, 3.63) is 46.1 Å². The number of rotatable bonds is 1. The SMILES string of the molecule is C=C1CCC(N2Cc3cc(Br)ccc3C2=O)C(=O)N1. The molecule has 2 amide bonds. The van der Waals surface area contributed by atoms with E-state index in [2.05, 4.69) is 27.8 Å². The van der Waals surface area contributed by atoms with E-state index >= 15 is 0 Å². The zero-order valence-corrected chi connectivity index (χ0v) is 11.9. The Hall–Kier alpha value is -1.62. The summed E-state index contributed by atoms with van der Waals surface area (Å²) in [6, 6.07) is 5.21. The highest BCUT2D eigenvalue weighted by atomic mass is 79.9. The number of piperidine rings is 1. The minimum absolute atomic E-state index is 0.0600. The van der Waals surface area contributed by atoms with Gasteiger partial charge in [-0.2, -0.15) is 0 Å². The topological polar surface area (TPSA) is 49.4 Å². The standard InChI is InChI=1S/C14H13BrN2O2/c1-8-2-5-12(13(18)16-8)17-7-9-6-10(15)3-4-11(9)14(17)19/h3-4,6,12H,1-2,5,7H2,(H,16,18). The molecule has 1 unspecified atom stereocenters. The zero-order valence-electron chi connectivity index (χ0n) is 10.3. The number of benzene rings is 1. The summed E-state index contributed by atoms with van der Waals surface area (Å²) in [5, 5.41) is 2.73. The van der Waals surface area contributed by atoms with Crippen LogP contribution in [-0.2, 0) is 11.3 Å². The normalized spacial score (nSPS) is 22.5. The number of carbonyl (C=O) groups is 2. The van der Waals surface area contributed by atoms with E-state index < -0.39 is 0 Å². The van der Waals surface area contributed by atoms with Crippen LogP contribution in [0.25, 0.3) is 0 Å². The van der Waals surface area contributed by atoms with Gasteiger partial charge in [0, 0.05) is 22.3 Å². The molecule has 3 rings (SSSR count). The Kier molecular flexibility index (Phi) is 2.93. The maximum Gasteiger partial charge on any atom is 0.255 e. The first kappa shape index (κ1) is 12.4. The first-order valence-corrected chi connectivity index (χ1v) is 6.93. The Balaban J connectivity index is 1.87. The summed E-state index contributed by atoms with van der Waals surface area (Å²) in [4.78, 5) is 26.0. The molecular weight excluding hydrogens is 308 g/mol. The zero-order chi connectivity index (χ0) is 13.6. The van der Waals surface area contributed by atoms with E-state index in [0.29, 0.717) is 18.5 Å². The molecular formula is C14H13BrN2O2. The van der Waals surface area contributed by atoms with Gasteiger partial charge in [-0.25, -0.2) is 0 Å². The molecule has 0 saturated carbocycles. The Bertz CT molecular complexity index is 597. The maximum absolute atomic E-state index is 12.3. The first-order valence-electron chi connectivity index (χ1n) is 6.14. The smallest absolute Gasteiger partial charge is 0.255 e. The molecule has 2 aliphatic rings. The minimum atomic E-state index is -0.385. The van der Waals surface area contributed by atoms with Crippen molar-refractivity contribution in [1.82, 2.24) is 10.2 Å². The third-order valence-electron chi connectivity index (χ3n) is 3.60. The molecule has 0 radical (unpaired) electrons. The fourth-order valence-electron chi connectivity index (χ4n) is 2.62. The number of halogens is 1. The van der Waals surface area contributed by atoms with E-state index in [0.717, 1.165) is 22.2 Å². The van der Waals surface area contributed by atoms with E-state index in [9.17, 15) is 9.59 Å². The van der Waals surface area contributed by atoms with Gasteiger partial charge in [-0.1, -0.05) is 22.5 Å². The molecule has 19 heavy (non-hydrogen) atoms. The van der Waals surface area contributed by atoms with Crippen LogP contribution in [0.5, 0.6) is 0 Å². The maximum atomic E-state index is 12.3. The lowest BCUT2D eigenvalue weighted by atomic mass is 10.0. The lowest BCUT2D eigenvalue weighted by Gasteiger charge is -2.30. The van der Waals surface area contributed by atoms with Crippen LogP contribution in [0.15, 0.2) is 34.9 Å². The molecule has 98 valence electrons. The lowest BCUT2D eigenvalue weighted by Crippen LogP contribution is -2.49. The molecule has 1 aromatic carbocycles. The fourth-order valence-corrected chi connectivity index (χ4v) is 3.03. The van der Waals surface area contributed by atoms with Crippen LogP contribution < -0.4 is 5.32 Å². The molecule has 4 nitrogen and oxygen atoms in total. The molecule has 2 aliphatic heterocycles. The Labute approximate surface area is 119 Å². The van der Waals surface area contributed by atoms with E-state index in [4.69, 9.17) is 0 Å². The fraction of sp³-hybridized carbons (Fsp3) is 0.286. The number of hydrogen-bond acceptors (Lipinski definition) is 2. The molecule has 1 N–H and O–H groups in total. The highest BCUT2D eigenvalue weighted by Crippen LogP contribution is 2.29. The summed E-state index contributed by atoms with van der Waals surface area (Å²) in [5.41, 5.74) is 2.39. The van der Waals surface area contributed by atoms with Gasteiger partial charge < -0.3 is 10.2 Å². The quantitative estimate of drug-likeness (QED) is 0.862. The number of fused-ring (bicyclic) bond motifs is 1. The second-order valence-electron chi connectivity index (χ2n) is 4.88. The molecule has 5 heteroatoms. The molecule has 1 fully saturated rings. The van der Waals surface area contributed by atoms with Crippen molar-refractivity contribution in [3.63, 3.8) is 0 Å². The Morgan fingerprint density at radius 1 is 1.37 bits per heavy atom. The van der Waals surface area contributed by atoms with Crippen LogP contribution in [0.4, 0.5) is 0 Å². The van der Waals surface area contributed by atoms with Gasteiger partial charge in [0.1, 0.15) is 6.04 Å². The second kappa shape index (κ2) is 4.49. The number of carbonyl (C=O) groups excluding carboxylic acids is 2. The molecule has 0 spiro atoms. The molecule has 0 bridgehead atoms. The van der Waals surface area contributed by atoms with Crippen molar-refractivity contribution in [3.8, 4) is 0 Å². The highest BCUT2D eigenvalue weighted by molar-refractivity contribution is 9.10.